The molecule has 3 N–H and O–H groups in total. The van der Waals surface area contributed by atoms with Gasteiger partial charge in [0.05, 0.1) is 0 Å². The molecule has 90 valence electrons. The van der Waals surface area contributed by atoms with Gasteiger partial charge in [-0.15, -0.1) is 0 Å². The van der Waals surface area contributed by atoms with Crippen LogP contribution in [0.3, 0.4) is 0 Å². The first-order chi connectivity index (χ1) is 7.32. The molecule has 0 bridgehead atoms. The molecule has 0 saturated carbocycles. The van der Waals surface area contributed by atoms with Gasteiger partial charge in [-0.25, -0.2) is 4.39 Å². The van der Waals surface area contributed by atoms with Crippen LogP contribution in [-0.2, 0) is 5.60 Å². The predicted molar refractivity (Wildman–Crippen MR) is 63.7 cm³/mol. The van der Waals surface area contributed by atoms with Crippen molar-refractivity contribution in [3.63, 3.8) is 0 Å². The van der Waals surface area contributed by atoms with E-state index in [9.17, 15) is 9.50 Å². The molecule has 0 aromatic heterocycles. The number of hydrogen-bond acceptors (Lipinski definition) is 2. The third-order valence-electron chi connectivity index (χ3n) is 3.13. The molecular weight excluding hydrogens is 205 g/mol. The van der Waals surface area contributed by atoms with Gasteiger partial charge in [0.15, 0.2) is 0 Å². The smallest absolute Gasteiger partial charge is 0.129 e. The predicted octanol–water partition coefficient (Wildman–Crippen LogP) is 2.24. The molecule has 1 unspecified atom stereocenters. The maximum Gasteiger partial charge on any atom is 0.129 e. The lowest BCUT2D eigenvalue weighted by molar-refractivity contribution is -0.00493. The van der Waals surface area contributed by atoms with E-state index in [0.717, 1.165) is 11.1 Å². The molecule has 1 aromatic rings. The van der Waals surface area contributed by atoms with Crippen molar-refractivity contribution in [1.29, 1.82) is 0 Å². The van der Waals surface area contributed by atoms with Crippen LogP contribution in [0.15, 0.2) is 12.1 Å². The van der Waals surface area contributed by atoms with Gasteiger partial charge in [0.25, 0.3) is 0 Å². The third-order valence-corrected chi connectivity index (χ3v) is 3.13. The summed E-state index contributed by atoms with van der Waals surface area (Å²) in [6.45, 7) is 7.33. The van der Waals surface area contributed by atoms with Gasteiger partial charge in [0.2, 0.25) is 0 Å². The molecular formula is C13H20FNO. The number of aryl methyl sites for hydroxylation is 2. The Hall–Kier alpha value is -0.930. The molecule has 0 aliphatic carbocycles. The number of benzene rings is 1. The quantitative estimate of drug-likeness (QED) is 0.828. The number of nitrogens with two attached hydrogens (primary N) is 1. The van der Waals surface area contributed by atoms with Crippen molar-refractivity contribution >= 4 is 0 Å². The Bertz CT molecular complexity index is 367. The molecule has 0 saturated heterocycles. The summed E-state index contributed by atoms with van der Waals surface area (Å²) in [4.78, 5) is 0. The highest BCUT2D eigenvalue weighted by Gasteiger charge is 2.35. The van der Waals surface area contributed by atoms with Crippen molar-refractivity contribution < 1.29 is 9.50 Å². The fraction of sp³-hybridized carbons (Fsp3) is 0.538. The summed E-state index contributed by atoms with van der Waals surface area (Å²) >= 11 is 0. The Morgan fingerprint density at radius 3 is 2.31 bits per heavy atom. The number of rotatable bonds is 3. The number of hydrogen-bond donors (Lipinski definition) is 2. The minimum Gasteiger partial charge on any atom is -0.383 e. The molecule has 0 aliphatic rings. The summed E-state index contributed by atoms with van der Waals surface area (Å²) in [5.41, 5.74) is 6.24. The van der Waals surface area contributed by atoms with Crippen molar-refractivity contribution in [2.75, 3.05) is 6.54 Å². The Morgan fingerprint density at radius 2 is 1.94 bits per heavy atom. The Morgan fingerprint density at radius 1 is 1.38 bits per heavy atom. The van der Waals surface area contributed by atoms with E-state index in [1.807, 2.05) is 26.8 Å². The Balaban J connectivity index is 3.42. The monoisotopic (exact) mass is 225 g/mol. The van der Waals surface area contributed by atoms with E-state index in [1.165, 1.54) is 6.07 Å². The molecule has 0 fully saturated rings. The van der Waals surface area contributed by atoms with Crippen LogP contribution in [0.1, 0.15) is 30.5 Å². The summed E-state index contributed by atoms with van der Waals surface area (Å²) in [7, 11) is 0. The first-order valence-corrected chi connectivity index (χ1v) is 5.52. The van der Waals surface area contributed by atoms with Gasteiger partial charge >= 0.3 is 0 Å². The van der Waals surface area contributed by atoms with Crippen LogP contribution in [-0.4, -0.2) is 11.7 Å². The van der Waals surface area contributed by atoms with Crippen LogP contribution < -0.4 is 5.73 Å². The normalized spacial score (nSPS) is 15.2. The summed E-state index contributed by atoms with van der Waals surface area (Å²) in [5, 5.41) is 10.5. The van der Waals surface area contributed by atoms with Crippen LogP contribution >= 0.6 is 0 Å². The van der Waals surface area contributed by atoms with Crippen molar-refractivity contribution in [2.24, 2.45) is 11.7 Å². The average Bonchev–Trinajstić information content (AvgIpc) is 2.15. The first kappa shape index (κ1) is 13.1. The van der Waals surface area contributed by atoms with Gasteiger partial charge < -0.3 is 10.8 Å². The summed E-state index contributed by atoms with van der Waals surface area (Å²) in [6, 6.07) is 3.30. The topological polar surface area (TPSA) is 46.2 Å². The lowest BCUT2D eigenvalue weighted by atomic mass is 9.80. The average molecular weight is 225 g/mol. The second-order valence-electron chi connectivity index (χ2n) is 4.72. The van der Waals surface area contributed by atoms with Crippen molar-refractivity contribution in [2.45, 2.75) is 33.3 Å². The summed E-state index contributed by atoms with van der Waals surface area (Å²) in [5.74, 6) is -0.507. The summed E-state index contributed by atoms with van der Waals surface area (Å²) < 4.78 is 13.9. The highest BCUT2D eigenvalue weighted by molar-refractivity contribution is 5.37. The zero-order valence-corrected chi connectivity index (χ0v) is 10.3. The standard InChI is InChI=1S/C13H20FNO/c1-8(2)13(16,7-15)12-10(4)5-9(3)6-11(12)14/h5-6,8,16H,7,15H2,1-4H3. The van der Waals surface area contributed by atoms with Gasteiger partial charge in [0.1, 0.15) is 11.4 Å². The molecule has 0 heterocycles. The van der Waals surface area contributed by atoms with Crippen LogP contribution in [0.4, 0.5) is 4.39 Å². The SMILES string of the molecule is Cc1cc(C)c(C(O)(CN)C(C)C)c(F)c1. The van der Waals surface area contributed by atoms with E-state index in [-0.39, 0.29) is 18.3 Å². The highest BCUT2D eigenvalue weighted by atomic mass is 19.1. The van der Waals surface area contributed by atoms with Gasteiger partial charge in [-0.3, -0.25) is 0 Å². The molecule has 1 rings (SSSR count). The second kappa shape index (κ2) is 4.52. The van der Waals surface area contributed by atoms with Crippen LogP contribution in [0.5, 0.6) is 0 Å². The molecule has 0 radical (unpaired) electrons. The minimum atomic E-state index is -1.29. The largest absolute Gasteiger partial charge is 0.383 e. The molecule has 0 aliphatic heterocycles. The molecule has 0 amide bonds. The first-order valence-electron chi connectivity index (χ1n) is 5.52. The molecule has 1 aromatic carbocycles. The minimum absolute atomic E-state index is 0.0193. The van der Waals surface area contributed by atoms with Crippen LogP contribution in [0, 0.1) is 25.6 Å². The second-order valence-corrected chi connectivity index (χ2v) is 4.72. The number of halogens is 1. The van der Waals surface area contributed by atoms with Gasteiger partial charge in [0, 0.05) is 12.1 Å². The lowest BCUT2D eigenvalue weighted by Gasteiger charge is -2.33. The van der Waals surface area contributed by atoms with Crippen LogP contribution in [0.25, 0.3) is 0 Å². The van der Waals surface area contributed by atoms with Gasteiger partial charge in [-0.1, -0.05) is 19.9 Å². The fourth-order valence-corrected chi connectivity index (χ4v) is 2.09. The van der Waals surface area contributed by atoms with E-state index >= 15 is 0 Å². The molecule has 0 spiro atoms. The molecule has 3 heteroatoms. The van der Waals surface area contributed by atoms with Crippen molar-refractivity contribution in [3.05, 3.63) is 34.6 Å². The van der Waals surface area contributed by atoms with E-state index in [1.54, 1.807) is 6.92 Å². The maximum absolute atomic E-state index is 13.9. The molecule has 1 atom stereocenters. The zero-order valence-electron chi connectivity index (χ0n) is 10.3. The lowest BCUT2D eigenvalue weighted by Crippen LogP contribution is -2.41. The van der Waals surface area contributed by atoms with E-state index in [4.69, 9.17) is 5.73 Å². The summed E-state index contributed by atoms with van der Waals surface area (Å²) in [6.07, 6.45) is 0. The van der Waals surface area contributed by atoms with E-state index in [2.05, 4.69) is 0 Å². The van der Waals surface area contributed by atoms with Gasteiger partial charge in [-0.2, -0.15) is 0 Å². The van der Waals surface area contributed by atoms with Gasteiger partial charge in [-0.05, 0) is 37.0 Å². The molecule has 2 nitrogen and oxygen atoms in total. The molecule has 16 heavy (non-hydrogen) atoms. The van der Waals surface area contributed by atoms with Crippen molar-refractivity contribution in [1.82, 2.24) is 0 Å². The third kappa shape index (κ3) is 2.11. The van der Waals surface area contributed by atoms with E-state index < -0.39 is 5.60 Å². The van der Waals surface area contributed by atoms with Crippen LogP contribution in [0.2, 0.25) is 0 Å². The zero-order chi connectivity index (χ0) is 12.5. The highest BCUT2D eigenvalue weighted by Crippen LogP contribution is 2.33. The Kier molecular flexibility index (Phi) is 3.71. The Labute approximate surface area is 96.3 Å². The van der Waals surface area contributed by atoms with Crippen molar-refractivity contribution in [3.8, 4) is 0 Å². The number of aliphatic hydroxyl groups is 1. The fourth-order valence-electron chi connectivity index (χ4n) is 2.09. The van der Waals surface area contributed by atoms with E-state index in [0.29, 0.717) is 5.56 Å². The maximum atomic E-state index is 13.9.